The molecule has 1 saturated carbocycles. The molecule has 0 heterocycles. The first kappa shape index (κ1) is 9.50. The summed E-state index contributed by atoms with van der Waals surface area (Å²) in [7, 11) is 0. The molecule has 0 amide bonds. The Morgan fingerprint density at radius 1 is 1.67 bits per heavy atom. The smallest absolute Gasteiger partial charge is 0.136 e. The zero-order valence-corrected chi connectivity index (χ0v) is 8.10. The molecule has 0 bridgehead atoms. The zero-order chi connectivity index (χ0) is 9.19. The first-order chi connectivity index (χ1) is 5.58. The van der Waals surface area contributed by atoms with Gasteiger partial charge in [-0.3, -0.25) is 4.79 Å². The highest BCUT2D eigenvalue weighted by Gasteiger charge is 2.39. The summed E-state index contributed by atoms with van der Waals surface area (Å²) in [5.41, 5.74) is 0.236. The summed E-state index contributed by atoms with van der Waals surface area (Å²) in [5, 5.41) is 0. The van der Waals surface area contributed by atoms with Gasteiger partial charge in [0.25, 0.3) is 0 Å². The van der Waals surface area contributed by atoms with Gasteiger partial charge < -0.3 is 0 Å². The maximum atomic E-state index is 11.5. The molecule has 0 spiro atoms. The van der Waals surface area contributed by atoms with Crippen LogP contribution in [0.2, 0.25) is 0 Å². The van der Waals surface area contributed by atoms with E-state index in [1.807, 2.05) is 6.08 Å². The standard InChI is InChI=1S/C11H18O/c1-4-5-6-9-10(12)7-8-11(9,2)3/h4,9H,1,5-8H2,2-3H3. The van der Waals surface area contributed by atoms with E-state index in [9.17, 15) is 4.79 Å². The quantitative estimate of drug-likeness (QED) is 0.589. The topological polar surface area (TPSA) is 17.1 Å². The summed E-state index contributed by atoms with van der Waals surface area (Å²) in [6.07, 6.45) is 5.72. The van der Waals surface area contributed by atoms with E-state index in [0.29, 0.717) is 5.78 Å². The van der Waals surface area contributed by atoms with Crippen molar-refractivity contribution in [3.05, 3.63) is 12.7 Å². The van der Waals surface area contributed by atoms with Gasteiger partial charge >= 0.3 is 0 Å². The van der Waals surface area contributed by atoms with Gasteiger partial charge in [0.2, 0.25) is 0 Å². The van der Waals surface area contributed by atoms with Crippen LogP contribution >= 0.6 is 0 Å². The third-order valence-electron chi connectivity index (χ3n) is 3.01. The second-order valence-corrected chi connectivity index (χ2v) is 4.37. The van der Waals surface area contributed by atoms with Crippen molar-refractivity contribution in [2.75, 3.05) is 0 Å². The lowest BCUT2D eigenvalue weighted by molar-refractivity contribution is -0.122. The molecule has 1 atom stereocenters. The summed E-state index contributed by atoms with van der Waals surface area (Å²) in [4.78, 5) is 11.5. The summed E-state index contributed by atoms with van der Waals surface area (Å²) in [5.74, 6) is 0.748. The molecule has 0 aromatic carbocycles. The average Bonchev–Trinajstić information content (AvgIpc) is 2.24. The molecule has 12 heavy (non-hydrogen) atoms. The predicted octanol–water partition coefficient (Wildman–Crippen LogP) is 2.96. The molecule has 1 fully saturated rings. The van der Waals surface area contributed by atoms with E-state index in [0.717, 1.165) is 25.7 Å². The number of hydrogen-bond acceptors (Lipinski definition) is 1. The largest absolute Gasteiger partial charge is 0.299 e. The van der Waals surface area contributed by atoms with E-state index < -0.39 is 0 Å². The number of ketones is 1. The summed E-state index contributed by atoms with van der Waals surface area (Å²) in [6, 6.07) is 0. The van der Waals surface area contributed by atoms with Crippen LogP contribution in [-0.4, -0.2) is 5.78 Å². The van der Waals surface area contributed by atoms with Gasteiger partial charge in [0.05, 0.1) is 0 Å². The number of allylic oxidation sites excluding steroid dienone is 1. The predicted molar refractivity (Wildman–Crippen MR) is 50.9 cm³/mol. The molecule has 1 heteroatoms. The molecular weight excluding hydrogens is 148 g/mol. The van der Waals surface area contributed by atoms with Crippen molar-refractivity contribution in [1.29, 1.82) is 0 Å². The van der Waals surface area contributed by atoms with Crippen LogP contribution in [-0.2, 0) is 4.79 Å². The van der Waals surface area contributed by atoms with Gasteiger partial charge in [-0.15, -0.1) is 6.58 Å². The highest BCUT2D eigenvalue weighted by Crippen LogP contribution is 2.42. The van der Waals surface area contributed by atoms with E-state index in [-0.39, 0.29) is 11.3 Å². The molecule has 0 radical (unpaired) electrons. The number of carbonyl (C=O) groups is 1. The van der Waals surface area contributed by atoms with Crippen molar-refractivity contribution in [1.82, 2.24) is 0 Å². The van der Waals surface area contributed by atoms with Crippen molar-refractivity contribution in [2.45, 2.75) is 39.5 Å². The van der Waals surface area contributed by atoms with Crippen LogP contribution < -0.4 is 0 Å². The van der Waals surface area contributed by atoms with E-state index >= 15 is 0 Å². The summed E-state index contributed by atoms with van der Waals surface area (Å²) >= 11 is 0. The Morgan fingerprint density at radius 2 is 2.33 bits per heavy atom. The monoisotopic (exact) mass is 166 g/mol. The van der Waals surface area contributed by atoms with Crippen LogP contribution in [0.3, 0.4) is 0 Å². The number of Topliss-reactive ketones (excluding diaryl/α,β-unsaturated/α-hetero) is 1. The highest BCUT2D eigenvalue weighted by atomic mass is 16.1. The fraction of sp³-hybridized carbons (Fsp3) is 0.727. The Morgan fingerprint density at radius 3 is 2.75 bits per heavy atom. The van der Waals surface area contributed by atoms with Gasteiger partial charge in [-0.2, -0.15) is 0 Å². The lowest BCUT2D eigenvalue weighted by Crippen LogP contribution is -2.21. The second kappa shape index (κ2) is 3.42. The first-order valence-electron chi connectivity index (χ1n) is 4.71. The molecule has 1 aliphatic carbocycles. The Bertz CT molecular complexity index is 191. The second-order valence-electron chi connectivity index (χ2n) is 4.37. The normalized spacial score (nSPS) is 27.5. The summed E-state index contributed by atoms with van der Waals surface area (Å²) < 4.78 is 0. The Hall–Kier alpha value is -0.590. The van der Waals surface area contributed by atoms with Crippen molar-refractivity contribution in [2.24, 2.45) is 11.3 Å². The van der Waals surface area contributed by atoms with Gasteiger partial charge in [-0.05, 0) is 24.7 Å². The summed E-state index contributed by atoms with van der Waals surface area (Å²) in [6.45, 7) is 8.08. The molecular formula is C11H18O. The third-order valence-corrected chi connectivity index (χ3v) is 3.01. The Labute approximate surface area is 74.9 Å². The number of carbonyl (C=O) groups excluding carboxylic acids is 1. The van der Waals surface area contributed by atoms with Crippen molar-refractivity contribution in [3.63, 3.8) is 0 Å². The minimum Gasteiger partial charge on any atom is -0.299 e. The van der Waals surface area contributed by atoms with E-state index in [4.69, 9.17) is 0 Å². The van der Waals surface area contributed by atoms with Gasteiger partial charge in [-0.1, -0.05) is 19.9 Å². The molecule has 1 unspecified atom stereocenters. The highest BCUT2D eigenvalue weighted by molar-refractivity contribution is 5.84. The lowest BCUT2D eigenvalue weighted by Gasteiger charge is -2.24. The SMILES string of the molecule is C=CCCC1C(=O)CCC1(C)C. The fourth-order valence-corrected chi connectivity index (χ4v) is 2.07. The van der Waals surface area contributed by atoms with Crippen molar-refractivity contribution < 1.29 is 4.79 Å². The van der Waals surface area contributed by atoms with Crippen LogP contribution in [0.25, 0.3) is 0 Å². The minimum absolute atomic E-state index is 0.236. The fourth-order valence-electron chi connectivity index (χ4n) is 2.07. The van der Waals surface area contributed by atoms with Gasteiger partial charge in [0.1, 0.15) is 5.78 Å². The van der Waals surface area contributed by atoms with Gasteiger partial charge in [-0.25, -0.2) is 0 Å². The van der Waals surface area contributed by atoms with Crippen LogP contribution in [0.4, 0.5) is 0 Å². The van der Waals surface area contributed by atoms with Crippen molar-refractivity contribution in [3.8, 4) is 0 Å². The molecule has 68 valence electrons. The van der Waals surface area contributed by atoms with Crippen molar-refractivity contribution >= 4 is 5.78 Å². The van der Waals surface area contributed by atoms with Gasteiger partial charge in [0, 0.05) is 12.3 Å². The maximum Gasteiger partial charge on any atom is 0.136 e. The van der Waals surface area contributed by atoms with E-state index in [2.05, 4.69) is 20.4 Å². The Balaban J connectivity index is 2.58. The number of rotatable bonds is 3. The molecule has 1 aliphatic rings. The zero-order valence-electron chi connectivity index (χ0n) is 8.10. The van der Waals surface area contributed by atoms with Gasteiger partial charge in [0.15, 0.2) is 0 Å². The maximum absolute atomic E-state index is 11.5. The molecule has 1 rings (SSSR count). The van der Waals surface area contributed by atoms with Crippen LogP contribution in [0.15, 0.2) is 12.7 Å². The molecule has 1 nitrogen and oxygen atoms in total. The van der Waals surface area contributed by atoms with Crippen LogP contribution in [0.5, 0.6) is 0 Å². The molecule has 0 saturated heterocycles. The third kappa shape index (κ3) is 1.77. The molecule has 0 aromatic rings. The minimum atomic E-state index is 0.236. The molecule has 0 aromatic heterocycles. The average molecular weight is 166 g/mol. The Kier molecular flexibility index (Phi) is 2.71. The first-order valence-corrected chi connectivity index (χ1v) is 4.71. The van der Waals surface area contributed by atoms with Crippen LogP contribution in [0.1, 0.15) is 39.5 Å². The molecule has 0 aliphatic heterocycles. The van der Waals surface area contributed by atoms with Crippen LogP contribution in [0, 0.1) is 11.3 Å². The number of hydrogen-bond donors (Lipinski definition) is 0. The lowest BCUT2D eigenvalue weighted by atomic mass is 9.79. The molecule has 0 N–H and O–H groups in total. The van der Waals surface area contributed by atoms with E-state index in [1.165, 1.54) is 0 Å². The van der Waals surface area contributed by atoms with E-state index in [1.54, 1.807) is 0 Å².